The number of hydrogen-bond acceptors (Lipinski definition) is 10. The summed E-state index contributed by atoms with van der Waals surface area (Å²) >= 11 is 0. The fourth-order valence-corrected chi connectivity index (χ4v) is 13.5. The number of carbonyl (C=O) groups is 2. The maximum absolute atomic E-state index is 12.9. The Morgan fingerprint density at radius 1 is 0.330 bits per heavy atom. The van der Waals surface area contributed by atoms with Crippen molar-refractivity contribution in [2.24, 2.45) is 0 Å². The van der Waals surface area contributed by atoms with Gasteiger partial charge in [-0.2, -0.15) is 0 Å². The highest BCUT2D eigenvalue weighted by atomic mass is 16.5. The van der Waals surface area contributed by atoms with Crippen molar-refractivity contribution in [1.29, 1.82) is 0 Å². The summed E-state index contributed by atoms with van der Waals surface area (Å²) in [5.74, 6) is 15.7. The van der Waals surface area contributed by atoms with Crippen LogP contribution in [0.5, 0.6) is 23.0 Å². The van der Waals surface area contributed by atoms with Crippen molar-refractivity contribution < 1.29 is 49.0 Å². The number of unbranched alkanes of at least 4 members (excludes halogenated alkanes) is 18. The number of aliphatic hydroxyl groups excluding tert-OH is 4. The quantitative estimate of drug-likeness (QED) is 0.0105. The Bertz CT molecular complexity index is 3780. The van der Waals surface area contributed by atoms with Gasteiger partial charge in [0.1, 0.15) is 23.0 Å². The average molecular weight is 1360 g/mol. The molecule has 10 nitrogen and oxygen atoms in total. The predicted molar refractivity (Wildman–Crippen MR) is 413 cm³/mol. The Morgan fingerprint density at radius 2 is 0.600 bits per heavy atom. The number of hydrogen-bond donors (Lipinski definition) is 4. The minimum atomic E-state index is -0.434. The minimum absolute atomic E-state index is 0.305. The van der Waals surface area contributed by atoms with E-state index in [1.165, 1.54) is 104 Å². The maximum atomic E-state index is 12.9. The van der Waals surface area contributed by atoms with Crippen molar-refractivity contribution in [3.8, 4) is 68.9 Å². The molecule has 0 saturated heterocycles. The van der Waals surface area contributed by atoms with Crippen molar-refractivity contribution in [3.63, 3.8) is 0 Å². The van der Waals surface area contributed by atoms with Gasteiger partial charge in [-0.15, -0.1) is 0 Å². The molecule has 4 N–H and O–H groups in total. The van der Waals surface area contributed by atoms with Crippen LogP contribution in [-0.2, 0) is 57.7 Å². The highest BCUT2D eigenvalue weighted by Crippen LogP contribution is 2.47. The van der Waals surface area contributed by atoms with E-state index in [1.54, 1.807) is 0 Å². The summed E-state index contributed by atoms with van der Waals surface area (Å²) in [6, 6.07) is 28.8. The number of aliphatic hydroxyl groups is 4. The zero-order chi connectivity index (χ0) is 73.0. The van der Waals surface area contributed by atoms with Crippen LogP contribution in [-0.4, -0.2) is 45.6 Å². The zero-order valence-electron chi connectivity index (χ0n) is 63.7. The van der Waals surface area contributed by atoms with Crippen molar-refractivity contribution in [1.82, 2.24) is 0 Å². The first-order chi connectivity index (χ1) is 47.6. The molecule has 0 aliphatic rings. The predicted octanol–water partition coefficient (Wildman–Crippen LogP) is 21.7. The zero-order valence-corrected chi connectivity index (χ0v) is 63.7. The lowest BCUT2D eigenvalue weighted by Gasteiger charge is -2.30. The van der Waals surface area contributed by atoms with E-state index in [1.807, 2.05) is 24.3 Å². The average Bonchev–Trinajstić information content (AvgIpc) is 0.735. The van der Waals surface area contributed by atoms with Crippen LogP contribution >= 0.6 is 0 Å². The molecule has 0 radical (unpaired) electrons. The molecule has 7 rings (SSSR count). The van der Waals surface area contributed by atoms with Crippen LogP contribution in [0.2, 0.25) is 0 Å². The van der Waals surface area contributed by atoms with Gasteiger partial charge >= 0.3 is 11.9 Å². The molecule has 0 aliphatic heterocycles. The number of ether oxygens (including phenoxy) is 4. The molecule has 0 aromatic heterocycles. The molecule has 7 aromatic rings. The van der Waals surface area contributed by atoms with Crippen LogP contribution in [0.3, 0.4) is 0 Å². The SMILES string of the molecule is CCCCCCCCCCCCOc1c(CO)cc(C#Cc2c3ccc(-c4cc(C(C)(C)C)c(OC(C)=O)c(C(C)(C)C)c4)cc3c(C#Cc3cc(CO)c(OCCCCCCCCCCCC)c(CO)c3)c3cc(-c4cc(C(C)(C)C)c(OC(C)=O)c(C(C)(C)C)c4)ccc23)cc1CO. The number of fused-ring (bicyclic) bond motifs is 2. The van der Waals surface area contributed by atoms with Gasteiger partial charge in [0.25, 0.3) is 0 Å². The van der Waals surface area contributed by atoms with Crippen LogP contribution in [0.1, 0.15) is 306 Å². The molecular weight excluding hydrogens is 1240 g/mol. The molecule has 0 bridgehead atoms. The van der Waals surface area contributed by atoms with Gasteiger partial charge in [0.05, 0.1) is 39.6 Å². The molecule has 100 heavy (non-hydrogen) atoms. The molecule has 0 saturated carbocycles. The van der Waals surface area contributed by atoms with Gasteiger partial charge < -0.3 is 39.4 Å². The molecule has 538 valence electrons. The fraction of sp³-hybridized carbons (Fsp3) is 0.511. The molecule has 0 heterocycles. The second-order valence-corrected chi connectivity index (χ2v) is 31.7. The molecule has 0 fully saturated rings. The van der Waals surface area contributed by atoms with Crippen LogP contribution in [0.4, 0.5) is 0 Å². The summed E-state index contributed by atoms with van der Waals surface area (Å²) in [7, 11) is 0. The van der Waals surface area contributed by atoms with Gasteiger partial charge in [0.2, 0.25) is 0 Å². The molecule has 0 spiro atoms. The number of rotatable bonds is 32. The highest BCUT2D eigenvalue weighted by Gasteiger charge is 2.32. The van der Waals surface area contributed by atoms with Gasteiger partial charge in [-0.3, -0.25) is 9.59 Å². The Morgan fingerprint density at radius 3 is 0.860 bits per heavy atom. The standard InChI is InChI=1S/C90H118O10/c1-17-19-21-23-25-27-29-31-33-35-45-97-83-69(57-91)47-63(48-70(83)58-92)37-41-73-74-43-39-65(67-53-79(87(5,6)7)85(99-61(3)95)80(54-67)88(8,9)10)51-77(74)76(42-38-64-49-71(59-93)84(72(50-64)60-94)98-46-36-34-32-30-28-26-24-22-20-18-2)78-52-66(40-44-75(73)78)68-55-81(89(11,12)13)86(100-62(4)96)82(56-68)90(14,15)16/h39-40,43-44,47-56,91-94H,17-36,45-46,57-60H2,1-16H3. The first-order valence-electron chi connectivity index (χ1n) is 37.4. The normalized spacial score (nSPS) is 12.0. The Balaban J connectivity index is 1.49. The fourth-order valence-electron chi connectivity index (χ4n) is 13.5. The van der Waals surface area contributed by atoms with Crippen LogP contribution in [0.15, 0.2) is 84.9 Å². The van der Waals surface area contributed by atoms with E-state index in [2.05, 4.69) is 181 Å². The van der Waals surface area contributed by atoms with Crippen LogP contribution < -0.4 is 18.9 Å². The molecule has 0 amide bonds. The van der Waals surface area contributed by atoms with Gasteiger partial charge in [-0.25, -0.2) is 0 Å². The van der Waals surface area contributed by atoms with Gasteiger partial charge in [-0.1, -0.05) is 260 Å². The van der Waals surface area contributed by atoms with E-state index >= 15 is 0 Å². The second-order valence-electron chi connectivity index (χ2n) is 31.7. The smallest absolute Gasteiger partial charge is 0.308 e. The van der Waals surface area contributed by atoms with Crippen molar-refractivity contribution in [2.45, 2.75) is 287 Å². The summed E-state index contributed by atoms with van der Waals surface area (Å²) in [4.78, 5) is 25.8. The molecule has 0 atom stereocenters. The molecule has 7 aromatic carbocycles. The number of benzene rings is 7. The van der Waals surface area contributed by atoms with E-state index in [9.17, 15) is 30.0 Å². The third-order valence-corrected chi connectivity index (χ3v) is 19.0. The molecule has 0 aliphatic carbocycles. The topological polar surface area (TPSA) is 152 Å². The summed E-state index contributed by atoms with van der Waals surface area (Å²) < 4.78 is 25.1. The minimum Gasteiger partial charge on any atom is -0.493 e. The number of esters is 2. The van der Waals surface area contributed by atoms with Gasteiger partial charge in [0, 0.05) is 80.6 Å². The third kappa shape index (κ3) is 21.8. The Labute approximate surface area is 600 Å². The summed E-state index contributed by atoms with van der Waals surface area (Å²) in [6.45, 7) is 32.6. The second kappa shape index (κ2) is 36.9. The first kappa shape index (κ1) is 79.9. The van der Waals surface area contributed by atoms with E-state index < -0.39 is 33.6 Å². The molecule has 0 unspecified atom stereocenters. The van der Waals surface area contributed by atoms with Crippen molar-refractivity contribution >= 4 is 33.5 Å². The number of carbonyl (C=O) groups excluding carboxylic acids is 2. The lowest BCUT2D eigenvalue weighted by molar-refractivity contribution is -0.133. The first-order valence-corrected chi connectivity index (χ1v) is 37.4. The van der Waals surface area contributed by atoms with E-state index in [4.69, 9.17) is 18.9 Å². The summed E-state index contributed by atoms with van der Waals surface area (Å²) in [5.41, 5.74) is 10.2. The van der Waals surface area contributed by atoms with Crippen molar-refractivity contribution in [2.75, 3.05) is 13.2 Å². The Kier molecular flexibility index (Phi) is 29.5. The van der Waals surface area contributed by atoms with Crippen molar-refractivity contribution in [3.05, 3.63) is 152 Å². The maximum Gasteiger partial charge on any atom is 0.308 e. The summed E-state index contributed by atoms with van der Waals surface area (Å²) in [5, 5.41) is 47.2. The largest absolute Gasteiger partial charge is 0.493 e. The summed E-state index contributed by atoms with van der Waals surface area (Å²) in [6.07, 6.45) is 23.9. The van der Waals surface area contributed by atoms with Gasteiger partial charge in [0.15, 0.2) is 0 Å². The van der Waals surface area contributed by atoms with E-state index in [-0.39, 0.29) is 26.4 Å². The van der Waals surface area contributed by atoms with E-state index in [0.29, 0.717) is 75.2 Å². The molecule has 10 heteroatoms. The van der Waals surface area contributed by atoms with E-state index in [0.717, 1.165) is 110 Å². The van der Waals surface area contributed by atoms with Gasteiger partial charge in [-0.05, 0) is 139 Å². The van der Waals surface area contributed by atoms with Crippen LogP contribution in [0.25, 0.3) is 43.8 Å². The lowest BCUT2D eigenvalue weighted by atomic mass is 9.77. The highest BCUT2D eigenvalue weighted by molar-refractivity contribution is 6.12. The molecular formula is C90H118O10. The third-order valence-electron chi connectivity index (χ3n) is 19.0. The lowest BCUT2D eigenvalue weighted by Crippen LogP contribution is -2.21. The Hall–Kier alpha value is -7.44. The monoisotopic (exact) mass is 1360 g/mol. The van der Waals surface area contributed by atoms with Crippen LogP contribution in [0, 0.1) is 23.7 Å².